The quantitative estimate of drug-likeness (QED) is 0.476. The molecule has 5 nitrogen and oxygen atoms in total. The minimum absolute atomic E-state index is 0.155. The number of anilines is 1. The maximum absolute atomic E-state index is 10.3. The Morgan fingerprint density at radius 1 is 1.33 bits per heavy atom. The number of nitrogen functional groups attached to an aromatic ring is 1. The number of carboxylic acid groups (broad SMARTS) is 1. The first-order valence-corrected chi connectivity index (χ1v) is 2.99. The molecule has 62 valence electrons. The predicted molar refractivity (Wildman–Crippen MR) is 41.3 cm³/mol. The monoisotopic (exact) mass is 165 g/mol. The lowest BCUT2D eigenvalue weighted by Crippen LogP contribution is -2.00. The topological polar surface area (TPSA) is 111 Å². The molecule has 1 rings (SSSR count). The zero-order valence-electron chi connectivity index (χ0n) is 6.14. The van der Waals surface area contributed by atoms with Crippen molar-refractivity contribution in [1.29, 1.82) is 10.8 Å². The van der Waals surface area contributed by atoms with Crippen molar-refractivity contribution in [3.05, 3.63) is 29.8 Å². The lowest BCUT2D eigenvalue weighted by atomic mass is 10.2. The number of carboxylic acids is 1. The van der Waals surface area contributed by atoms with Crippen molar-refractivity contribution >= 4 is 11.7 Å². The van der Waals surface area contributed by atoms with E-state index in [-0.39, 0.29) is 5.56 Å². The number of carbonyl (C=O) groups is 1. The van der Waals surface area contributed by atoms with Crippen molar-refractivity contribution in [1.82, 2.24) is 0 Å². The van der Waals surface area contributed by atoms with E-state index in [0.717, 1.165) is 0 Å². The molecule has 0 aliphatic heterocycles. The van der Waals surface area contributed by atoms with Crippen LogP contribution in [0.5, 0.6) is 0 Å². The number of hydrogen-bond acceptors (Lipinski definition) is 4. The van der Waals surface area contributed by atoms with Gasteiger partial charge in [-0.15, -0.1) is 0 Å². The molecule has 3 N–H and O–H groups in total. The van der Waals surface area contributed by atoms with Crippen LogP contribution in [0.4, 0.5) is 5.69 Å². The van der Waals surface area contributed by atoms with E-state index < -0.39 is 5.97 Å². The standard InChI is InChI=1S/C7H7NO2.N2/c8-6-4-2-1-3-5(6)7(9)10;1-2/h1-4H,8H2,(H,9,10);. The summed E-state index contributed by atoms with van der Waals surface area (Å²) in [6.07, 6.45) is 0. The van der Waals surface area contributed by atoms with E-state index in [1.54, 1.807) is 18.2 Å². The smallest absolute Gasteiger partial charge is 0.337 e. The van der Waals surface area contributed by atoms with Gasteiger partial charge in [0.1, 0.15) is 0 Å². The second-order valence-corrected chi connectivity index (χ2v) is 1.89. The number of para-hydroxylation sites is 1. The largest absolute Gasteiger partial charge is 0.478 e. The van der Waals surface area contributed by atoms with E-state index >= 15 is 0 Å². The van der Waals surface area contributed by atoms with Gasteiger partial charge in [0.05, 0.1) is 5.56 Å². The van der Waals surface area contributed by atoms with Gasteiger partial charge in [0.15, 0.2) is 0 Å². The summed E-state index contributed by atoms with van der Waals surface area (Å²) in [4.78, 5) is 10.3. The average molecular weight is 165 g/mol. The first-order chi connectivity index (χ1) is 5.72. The SMILES string of the molecule is N#N.Nc1ccccc1C(=O)O. The number of aromatic carboxylic acids is 1. The van der Waals surface area contributed by atoms with Gasteiger partial charge in [0, 0.05) is 16.5 Å². The average Bonchev–Trinajstić information content (AvgIpc) is 2.08. The molecule has 0 aliphatic carbocycles. The minimum Gasteiger partial charge on any atom is -0.478 e. The Morgan fingerprint density at radius 3 is 2.17 bits per heavy atom. The summed E-state index contributed by atoms with van der Waals surface area (Å²) in [7, 11) is 0. The van der Waals surface area contributed by atoms with Crippen LogP contribution in [0.3, 0.4) is 0 Å². The van der Waals surface area contributed by atoms with Gasteiger partial charge in [0.25, 0.3) is 0 Å². The van der Waals surface area contributed by atoms with Crippen molar-refractivity contribution in [2.24, 2.45) is 0 Å². The molecule has 0 saturated heterocycles. The van der Waals surface area contributed by atoms with Gasteiger partial charge in [-0.05, 0) is 12.1 Å². The molecule has 0 fully saturated rings. The van der Waals surface area contributed by atoms with E-state index in [0.29, 0.717) is 5.69 Å². The highest BCUT2D eigenvalue weighted by Gasteiger charge is 2.03. The van der Waals surface area contributed by atoms with E-state index in [1.165, 1.54) is 6.07 Å². The van der Waals surface area contributed by atoms with Crippen LogP contribution in [0.1, 0.15) is 10.4 Å². The van der Waals surface area contributed by atoms with Crippen molar-refractivity contribution in [2.45, 2.75) is 0 Å². The van der Waals surface area contributed by atoms with E-state index in [9.17, 15) is 4.79 Å². The highest BCUT2D eigenvalue weighted by atomic mass is 16.4. The van der Waals surface area contributed by atoms with Crippen molar-refractivity contribution in [2.75, 3.05) is 5.73 Å². The first kappa shape index (κ1) is 9.91. The maximum Gasteiger partial charge on any atom is 0.337 e. The van der Waals surface area contributed by atoms with Crippen LogP contribution in [0.25, 0.3) is 0 Å². The predicted octanol–water partition coefficient (Wildman–Crippen LogP) is 0.997. The van der Waals surface area contributed by atoms with Gasteiger partial charge in [-0.1, -0.05) is 12.1 Å². The fourth-order valence-corrected chi connectivity index (χ4v) is 0.692. The van der Waals surface area contributed by atoms with E-state index in [4.69, 9.17) is 21.6 Å². The van der Waals surface area contributed by atoms with Gasteiger partial charge in [-0.25, -0.2) is 4.79 Å². The van der Waals surface area contributed by atoms with Gasteiger partial charge in [-0.3, -0.25) is 0 Å². The fraction of sp³-hybridized carbons (Fsp3) is 0. The highest BCUT2D eigenvalue weighted by molar-refractivity contribution is 5.93. The van der Waals surface area contributed by atoms with Gasteiger partial charge >= 0.3 is 5.97 Å². The second kappa shape index (κ2) is 4.68. The first-order valence-electron chi connectivity index (χ1n) is 2.99. The Balaban J connectivity index is 0.000000561. The third kappa shape index (κ3) is 2.27. The maximum atomic E-state index is 10.3. The summed E-state index contributed by atoms with van der Waals surface area (Å²) in [5.41, 5.74) is 5.80. The summed E-state index contributed by atoms with van der Waals surface area (Å²) < 4.78 is 0. The molecule has 0 heterocycles. The Labute approximate surface area is 68.8 Å². The zero-order valence-corrected chi connectivity index (χ0v) is 6.14. The number of nitrogens with zero attached hydrogens (tertiary/aromatic N) is 2. The molecule has 0 aromatic heterocycles. The van der Waals surface area contributed by atoms with Crippen LogP contribution >= 0.6 is 0 Å². The van der Waals surface area contributed by atoms with Crippen LogP contribution in [0.2, 0.25) is 0 Å². The molecule has 0 aliphatic rings. The van der Waals surface area contributed by atoms with Gasteiger partial charge in [0.2, 0.25) is 0 Å². The summed E-state index contributed by atoms with van der Waals surface area (Å²) >= 11 is 0. The number of benzene rings is 1. The molecule has 5 heteroatoms. The summed E-state index contributed by atoms with van der Waals surface area (Å²) in [6, 6.07) is 6.36. The van der Waals surface area contributed by atoms with Crippen LogP contribution in [0.15, 0.2) is 24.3 Å². The Bertz CT molecular complexity index is 296. The van der Waals surface area contributed by atoms with Crippen LogP contribution in [-0.4, -0.2) is 11.1 Å². The molecular formula is C7H7N3O2. The summed E-state index contributed by atoms with van der Waals surface area (Å²) in [6.45, 7) is 0. The summed E-state index contributed by atoms with van der Waals surface area (Å²) in [5, 5.41) is 20.5. The lowest BCUT2D eigenvalue weighted by molar-refractivity contribution is 0.0698. The second-order valence-electron chi connectivity index (χ2n) is 1.89. The third-order valence-electron chi connectivity index (χ3n) is 1.19. The molecule has 0 amide bonds. The summed E-state index contributed by atoms with van der Waals surface area (Å²) in [5.74, 6) is -0.988. The number of rotatable bonds is 1. The van der Waals surface area contributed by atoms with E-state index in [1.807, 2.05) is 0 Å². The zero-order chi connectivity index (χ0) is 9.56. The lowest BCUT2D eigenvalue weighted by Gasteiger charge is -1.96. The third-order valence-corrected chi connectivity index (χ3v) is 1.19. The molecular weight excluding hydrogens is 158 g/mol. The molecule has 0 radical (unpaired) electrons. The van der Waals surface area contributed by atoms with Crippen LogP contribution in [-0.2, 0) is 0 Å². The Kier molecular flexibility index (Phi) is 3.87. The van der Waals surface area contributed by atoms with E-state index in [2.05, 4.69) is 0 Å². The minimum atomic E-state index is -0.988. The molecule has 0 bridgehead atoms. The molecule has 0 unspecified atom stereocenters. The molecule has 1 aromatic carbocycles. The van der Waals surface area contributed by atoms with Crippen molar-refractivity contribution < 1.29 is 9.90 Å². The normalized spacial score (nSPS) is 7.83. The number of nitrogens with two attached hydrogens (primary N) is 1. The van der Waals surface area contributed by atoms with Crippen molar-refractivity contribution in [3.63, 3.8) is 0 Å². The van der Waals surface area contributed by atoms with Crippen LogP contribution in [0, 0.1) is 10.8 Å². The molecule has 0 spiro atoms. The molecule has 1 aromatic rings. The molecule has 0 saturated carbocycles. The molecule has 0 atom stereocenters. The van der Waals surface area contributed by atoms with Crippen LogP contribution < -0.4 is 5.73 Å². The molecule has 12 heavy (non-hydrogen) atoms. The number of hydrogen-bond donors (Lipinski definition) is 2. The highest BCUT2D eigenvalue weighted by Crippen LogP contribution is 2.08. The van der Waals surface area contributed by atoms with Gasteiger partial charge in [-0.2, -0.15) is 0 Å². The van der Waals surface area contributed by atoms with Crippen molar-refractivity contribution in [3.8, 4) is 0 Å². The fourth-order valence-electron chi connectivity index (χ4n) is 0.692. The Morgan fingerprint density at radius 2 is 1.83 bits per heavy atom. The Hall–Kier alpha value is -2.09. The van der Waals surface area contributed by atoms with Gasteiger partial charge < -0.3 is 10.8 Å².